The van der Waals surface area contributed by atoms with Gasteiger partial charge in [-0.1, -0.05) is 12.1 Å². The largest absolute Gasteiger partial charge is 0.495 e. The zero-order valence-corrected chi connectivity index (χ0v) is 10.9. The maximum absolute atomic E-state index is 5.66. The third kappa shape index (κ3) is 2.18. The van der Waals surface area contributed by atoms with Gasteiger partial charge >= 0.3 is 0 Å². The first-order chi connectivity index (χ1) is 9.78. The smallest absolute Gasteiger partial charge is 0.143 e. The van der Waals surface area contributed by atoms with E-state index in [1.807, 2.05) is 24.3 Å². The number of hydrogen-bond donors (Lipinski definition) is 2. The van der Waals surface area contributed by atoms with Crippen molar-refractivity contribution in [2.45, 2.75) is 0 Å². The highest BCUT2D eigenvalue weighted by atomic mass is 16.5. The fraction of sp³-hybridized carbons (Fsp3) is 0.0714. The molecule has 2 aromatic heterocycles. The highest BCUT2D eigenvalue weighted by molar-refractivity contribution is 5.91. The minimum absolute atomic E-state index is 0.430. The molecule has 0 aliphatic heterocycles. The van der Waals surface area contributed by atoms with Crippen LogP contribution in [-0.4, -0.2) is 22.1 Å². The van der Waals surface area contributed by atoms with Crippen molar-refractivity contribution in [2.75, 3.05) is 18.2 Å². The summed E-state index contributed by atoms with van der Waals surface area (Å²) >= 11 is 0. The van der Waals surface area contributed by atoms with Gasteiger partial charge in [-0.05, 0) is 12.1 Å². The average molecular weight is 267 g/mol. The molecule has 3 N–H and O–H groups in total. The minimum Gasteiger partial charge on any atom is -0.495 e. The van der Waals surface area contributed by atoms with Crippen LogP contribution in [0.3, 0.4) is 0 Å². The summed E-state index contributed by atoms with van der Waals surface area (Å²) in [5.74, 6) is 1.83. The average Bonchev–Trinajstić information content (AvgIpc) is 2.47. The Labute approximate surface area is 115 Å². The number of nitrogen functional groups attached to an aromatic ring is 1. The van der Waals surface area contributed by atoms with Gasteiger partial charge in [0.2, 0.25) is 0 Å². The van der Waals surface area contributed by atoms with Crippen LogP contribution in [0.1, 0.15) is 0 Å². The fourth-order valence-electron chi connectivity index (χ4n) is 1.94. The van der Waals surface area contributed by atoms with Gasteiger partial charge in [0, 0.05) is 12.3 Å². The Hall–Kier alpha value is -2.89. The van der Waals surface area contributed by atoms with Crippen LogP contribution in [0.25, 0.3) is 10.9 Å². The van der Waals surface area contributed by atoms with Crippen LogP contribution in [0.5, 0.6) is 5.75 Å². The fourth-order valence-corrected chi connectivity index (χ4v) is 1.94. The number of benzene rings is 1. The topological polar surface area (TPSA) is 86.0 Å². The molecular weight excluding hydrogens is 254 g/mol. The zero-order valence-electron chi connectivity index (χ0n) is 10.9. The lowest BCUT2D eigenvalue weighted by atomic mass is 10.2. The van der Waals surface area contributed by atoms with Crippen LogP contribution in [0.2, 0.25) is 0 Å². The summed E-state index contributed by atoms with van der Waals surface area (Å²) in [6.45, 7) is 0. The van der Waals surface area contributed by atoms with Gasteiger partial charge in [0.25, 0.3) is 0 Å². The van der Waals surface area contributed by atoms with E-state index in [1.165, 1.54) is 6.33 Å². The van der Waals surface area contributed by atoms with Gasteiger partial charge in [-0.3, -0.25) is 0 Å². The van der Waals surface area contributed by atoms with Gasteiger partial charge in [0.1, 0.15) is 23.7 Å². The molecule has 0 aliphatic rings. The summed E-state index contributed by atoms with van der Waals surface area (Å²) in [6, 6.07) is 9.33. The molecule has 0 atom stereocenters. The van der Waals surface area contributed by atoms with E-state index in [2.05, 4.69) is 20.3 Å². The monoisotopic (exact) mass is 267 g/mol. The molecule has 0 radical (unpaired) electrons. The first-order valence-electron chi connectivity index (χ1n) is 6.04. The van der Waals surface area contributed by atoms with E-state index in [0.717, 1.165) is 22.3 Å². The molecule has 0 spiro atoms. The summed E-state index contributed by atoms with van der Waals surface area (Å²) in [7, 11) is 1.63. The Balaban J connectivity index is 2.07. The van der Waals surface area contributed by atoms with Crippen molar-refractivity contribution in [1.29, 1.82) is 0 Å². The molecular formula is C14H13N5O. The molecule has 6 heteroatoms. The van der Waals surface area contributed by atoms with E-state index in [1.54, 1.807) is 19.4 Å². The van der Waals surface area contributed by atoms with E-state index in [4.69, 9.17) is 10.5 Å². The third-order valence-electron chi connectivity index (χ3n) is 2.90. The molecule has 20 heavy (non-hydrogen) atoms. The predicted molar refractivity (Wildman–Crippen MR) is 78.0 cm³/mol. The van der Waals surface area contributed by atoms with Crippen molar-refractivity contribution in [2.24, 2.45) is 0 Å². The van der Waals surface area contributed by atoms with Crippen LogP contribution in [0.15, 0.2) is 42.9 Å². The highest BCUT2D eigenvalue weighted by Gasteiger charge is 2.07. The summed E-state index contributed by atoms with van der Waals surface area (Å²) in [5.41, 5.74) is 7.23. The number of hydrogen-bond acceptors (Lipinski definition) is 6. The first kappa shape index (κ1) is 12.2. The van der Waals surface area contributed by atoms with Crippen molar-refractivity contribution in [3.05, 3.63) is 42.9 Å². The highest BCUT2D eigenvalue weighted by Crippen LogP contribution is 2.29. The van der Waals surface area contributed by atoms with Crippen LogP contribution in [-0.2, 0) is 0 Å². The predicted octanol–water partition coefficient (Wildman–Crippen LogP) is 2.36. The quantitative estimate of drug-likeness (QED) is 0.757. The van der Waals surface area contributed by atoms with E-state index in [9.17, 15) is 0 Å². The molecule has 1 aromatic carbocycles. The van der Waals surface area contributed by atoms with E-state index in [-0.39, 0.29) is 0 Å². The Morgan fingerprint density at radius 1 is 1.15 bits per heavy atom. The minimum atomic E-state index is 0.430. The molecule has 0 unspecified atom stereocenters. The van der Waals surface area contributed by atoms with Crippen molar-refractivity contribution in [1.82, 2.24) is 15.0 Å². The summed E-state index contributed by atoms with van der Waals surface area (Å²) in [6.07, 6.45) is 3.14. The van der Waals surface area contributed by atoms with Gasteiger partial charge in [0.05, 0.1) is 23.7 Å². The van der Waals surface area contributed by atoms with Gasteiger partial charge in [0.15, 0.2) is 0 Å². The molecule has 0 fully saturated rings. The number of nitrogens with one attached hydrogen (secondary N) is 1. The second kappa shape index (κ2) is 5.00. The molecule has 3 aromatic rings. The Bertz CT molecular complexity index is 759. The van der Waals surface area contributed by atoms with Crippen molar-refractivity contribution in [3.8, 4) is 5.75 Å². The number of methoxy groups -OCH3 is 1. The van der Waals surface area contributed by atoms with E-state index >= 15 is 0 Å². The number of fused-ring (bicyclic) bond motifs is 1. The second-order valence-corrected chi connectivity index (χ2v) is 4.17. The normalized spacial score (nSPS) is 10.4. The number of rotatable bonds is 3. The molecule has 0 saturated heterocycles. The van der Waals surface area contributed by atoms with Crippen molar-refractivity contribution in [3.63, 3.8) is 0 Å². The van der Waals surface area contributed by atoms with Gasteiger partial charge in [-0.25, -0.2) is 15.0 Å². The maximum atomic E-state index is 5.66. The number of nitrogens with two attached hydrogens (primary N) is 1. The Morgan fingerprint density at radius 3 is 2.85 bits per heavy atom. The number of aromatic nitrogens is 3. The van der Waals surface area contributed by atoms with Gasteiger partial charge in [-0.15, -0.1) is 0 Å². The first-order valence-corrected chi connectivity index (χ1v) is 6.04. The SMILES string of the molecule is COc1ccccc1Nc1ncnc2cc(N)ncc12. The standard InChI is InChI=1S/C14H13N5O/c1-20-12-5-3-2-4-10(12)19-14-9-7-16-13(15)6-11(9)17-8-18-14/h2-8H,1H3,(H2,15,16)(H,17,18,19). The van der Waals surface area contributed by atoms with Gasteiger partial charge < -0.3 is 15.8 Å². The van der Waals surface area contributed by atoms with Gasteiger partial charge in [-0.2, -0.15) is 0 Å². The lowest BCUT2D eigenvalue weighted by Gasteiger charge is -2.11. The van der Waals surface area contributed by atoms with Crippen molar-refractivity contribution < 1.29 is 4.74 Å². The summed E-state index contributed by atoms with van der Waals surface area (Å²) in [4.78, 5) is 12.5. The van der Waals surface area contributed by atoms with E-state index < -0.39 is 0 Å². The molecule has 6 nitrogen and oxygen atoms in total. The zero-order chi connectivity index (χ0) is 13.9. The number of ether oxygens (including phenoxy) is 1. The molecule has 0 bridgehead atoms. The number of anilines is 3. The lowest BCUT2D eigenvalue weighted by molar-refractivity contribution is 0.417. The molecule has 100 valence electrons. The lowest BCUT2D eigenvalue weighted by Crippen LogP contribution is -1.99. The number of nitrogens with zero attached hydrogens (tertiary/aromatic N) is 3. The third-order valence-corrected chi connectivity index (χ3v) is 2.90. The Kier molecular flexibility index (Phi) is 3.04. The van der Waals surface area contributed by atoms with Crippen molar-refractivity contribution >= 4 is 28.2 Å². The summed E-state index contributed by atoms with van der Waals surface area (Å²) < 4.78 is 5.31. The summed E-state index contributed by atoms with van der Waals surface area (Å²) in [5, 5.41) is 4.03. The van der Waals surface area contributed by atoms with Crippen LogP contribution >= 0.6 is 0 Å². The number of para-hydroxylation sites is 2. The molecule has 0 aliphatic carbocycles. The van der Waals surface area contributed by atoms with E-state index in [0.29, 0.717) is 11.6 Å². The molecule has 2 heterocycles. The van der Waals surface area contributed by atoms with Crippen LogP contribution < -0.4 is 15.8 Å². The second-order valence-electron chi connectivity index (χ2n) is 4.17. The van der Waals surface area contributed by atoms with Crippen LogP contribution in [0.4, 0.5) is 17.3 Å². The Morgan fingerprint density at radius 2 is 2.00 bits per heavy atom. The molecule has 0 saturated carbocycles. The maximum Gasteiger partial charge on any atom is 0.143 e. The number of pyridine rings is 1. The molecule has 3 rings (SSSR count). The van der Waals surface area contributed by atoms with Crippen LogP contribution in [0, 0.1) is 0 Å². The molecule has 0 amide bonds.